The third-order valence-corrected chi connectivity index (χ3v) is 3.62. The normalized spacial score (nSPS) is 10.6. The van der Waals surface area contributed by atoms with Crippen molar-refractivity contribution in [1.82, 2.24) is 20.2 Å². The standard InChI is InChI=1S/C14H13N5O2S/c1-21-13(20)10-7-15-14(22-2)18-12(10)17-9-4-3-8-6-16-19-11(8)5-9/h3-7H,1-2H3,(H,16,19)(H,15,17,18). The lowest BCUT2D eigenvalue weighted by Gasteiger charge is -2.10. The van der Waals surface area contributed by atoms with Crippen molar-refractivity contribution in [3.8, 4) is 0 Å². The molecule has 0 atom stereocenters. The maximum absolute atomic E-state index is 11.8. The number of methoxy groups -OCH3 is 1. The molecule has 3 aromatic rings. The second kappa shape index (κ2) is 6.02. The van der Waals surface area contributed by atoms with Crippen LogP contribution in [0.1, 0.15) is 10.4 Å². The van der Waals surface area contributed by atoms with Crippen LogP contribution in [0.15, 0.2) is 35.7 Å². The number of anilines is 2. The summed E-state index contributed by atoms with van der Waals surface area (Å²) in [7, 11) is 1.32. The van der Waals surface area contributed by atoms with Gasteiger partial charge in [0.05, 0.1) is 18.8 Å². The molecule has 0 aliphatic heterocycles. The zero-order valence-corrected chi connectivity index (χ0v) is 12.8. The highest BCUT2D eigenvalue weighted by molar-refractivity contribution is 7.98. The third kappa shape index (κ3) is 2.73. The van der Waals surface area contributed by atoms with Crippen LogP contribution in [0.25, 0.3) is 10.9 Å². The maximum atomic E-state index is 11.8. The molecule has 0 aliphatic carbocycles. The molecule has 0 bridgehead atoms. The van der Waals surface area contributed by atoms with Crippen LogP contribution in [0.3, 0.4) is 0 Å². The molecule has 0 spiro atoms. The van der Waals surface area contributed by atoms with Crippen molar-refractivity contribution >= 4 is 40.1 Å². The number of esters is 1. The van der Waals surface area contributed by atoms with E-state index in [2.05, 4.69) is 25.5 Å². The molecule has 1 aromatic carbocycles. The van der Waals surface area contributed by atoms with E-state index < -0.39 is 5.97 Å². The average Bonchev–Trinajstić information content (AvgIpc) is 3.01. The van der Waals surface area contributed by atoms with E-state index in [4.69, 9.17) is 4.74 Å². The number of thioether (sulfide) groups is 1. The predicted octanol–water partition coefficient (Wildman–Crippen LogP) is 2.61. The second-order valence-corrected chi connectivity index (χ2v) is 5.18. The Kier molecular flexibility index (Phi) is 3.92. The van der Waals surface area contributed by atoms with E-state index in [1.807, 2.05) is 24.5 Å². The van der Waals surface area contributed by atoms with Crippen molar-refractivity contribution in [2.75, 3.05) is 18.7 Å². The number of hydrogen-bond acceptors (Lipinski definition) is 7. The number of rotatable bonds is 4. The van der Waals surface area contributed by atoms with E-state index >= 15 is 0 Å². The molecule has 2 N–H and O–H groups in total. The molecule has 0 unspecified atom stereocenters. The average molecular weight is 315 g/mol. The summed E-state index contributed by atoms with van der Waals surface area (Å²) >= 11 is 1.39. The number of nitrogens with zero attached hydrogens (tertiary/aromatic N) is 3. The number of benzene rings is 1. The van der Waals surface area contributed by atoms with Gasteiger partial charge in [-0.25, -0.2) is 14.8 Å². The Morgan fingerprint density at radius 1 is 1.36 bits per heavy atom. The highest BCUT2D eigenvalue weighted by Gasteiger charge is 2.15. The van der Waals surface area contributed by atoms with Gasteiger partial charge in [0.2, 0.25) is 0 Å². The molecule has 8 heteroatoms. The van der Waals surface area contributed by atoms with Gasteiger partial charge in [0.1, 0.15) is 11.4 Å². The van der Waals surface area contributed by atoms with E-state index in [-0.39, 0.29) is 5.56 Å². The summed E-state index contributed by atoms with van der Waals surface area (Å²) in [5.74, 6) is -0.0807. The predicted molar refractivity (Wildman–Crippen MR) is 84.5 cm³/mol. The van der Waals surface area contributed by atoms with Crippen molar-refractivity contribution in [2.45, 2.75) is 5.16 Å². The summed E-state index contributed by atoms with van der Waals surface area (Å²) in [6.45, 7) is 0. The molecule has 0 radical (unpaired) electrons. The molecule has 2 heterocycles. The molecule has 112 valence electrons. The van der Waals surface area contributed by atoms with Gasteiger partial charge in [0, 0.05) is 17.3 Å². The highest BCUT2D eigenvalue weighted by atomic mass is 32.2. The molecule has 22 heavy (non-hydrogen) atoms. The molecular formula is C14H13N5O2S. The Morgan fingerprint density at radius 2 is 2.23 bits per heavy atom. The van der Waals surface area contributed by atoms with Gasteiger partial charge in [-0.15, -0.1) is 0 Å². The number of ether oxygens (including phenoxy) is 1. The summed E-state index contributed by atoms with van der Waals surface area (Å²) in [5.41, 5.74) is 1.96. The minimum atomic E-state index is -0.488. The number of carbonyl (C=O) groups is 1. The first-order chi connectivity index (χ1) is 10.7. The smallest absolute Gasteiger partial charge is 0.343 e. The first-order valence-corrected chi connectivity index (χ1v) is 7.63. The number of carbonyl (C=O) groups excluding carboxylic acids is 1. The fraction of sp³-hybridized carbons (Fsp3) is 0.143. The van der Waals surface area contributed by atoms with Crippen LogP contribution >= 0.6 is 11.8 Å². The lowest BCUT2D eigenvalue weighted by molar-refractivity contribution is 0.0601. The minimum Gasteiger partial charge on any atom is -0.465 e. The van der Waals surface area contributed by atoms with Gasteiger partial charge in [0.15, 0.2) is 5.16 Å². The van der Waals surface area contributed by atoms with Crippen molar-refractivity contribution in [3.63, 3.8) is 0 Å². The molecular weight excluding hydrogens is 302 g/mol. The number of hydrogen-bond donors (Lipinski definition) is 2. The van der Waals surface area contributed by atoms with Crippen molar-refractivity contribution in [3.05, 3.63) is 36.2 Å². The fourth-order valence-corrected chi connectivity index (χ4v) is 2.31. The topological polar surface area (TPSA) is 92.8 Å². The van der Waals surface area contributed by atoms with Crippen molar-refractivity contribution in [2.24, 2.45) is 0 Å². The number of nitrogens with one attached hydrogen (secondary N) is 2. The van der Waals surface area contributed by atoms with E-state index in [1.165, 1.54) is 25.1 Å². The monoisotopic (exact) mass is 315 g/mol. The van der Waals surface area contributed by atoms with Gasteiger partial charge >= 0.3 is 5.97 Å². The van der Waals surface area contributed by atoms with E-state index in [9.17, 15) is 4.79 Å². The van der Waals surface area contributed by atoms with Gasteiger partial charge in [-0.2, -0.15) is 5.10 Å². The van der Waals surface area contributed by atoms with E-state index in [0.29, 0.717) is 11.0 Å². The Morgan fingerprint density at radius 3 is 3.00 bits per heavy atom. The van der Waals surface area contributed by atoms with E-state index in [0.717, 1.165) is 16.6 Å². The first-order valence-electron chi connectivity index (χ1n) is 6.41. The van der Waals surface area contributed by atoms with Gasteiger partial charge < -0.3 is 10.1 Å². The summed E-state index contributed by atoms with van der Waals surface area (Å²) in [4.78, 5) is 20.3. The van der Waals surface area contributed by atoms with Gasteiger partial charge in [-0.3, -0.25) is 5.10 Å². The summed E-state index contributed by atoms with van der Waals surface area (Å²) < 4.78 is 4.76. The van der Waals surface area contributed by atoms with Crippen LogP contribution in [-0.2, 0) is 4.74 Å². The van der Waals surface area contributed by atoms with Crippen LogP contribution in [0.2, 0.25) is 0 Å². The largest absolute Gasteiger partial charge is 0.465 e. The maximum Gasteiger partial charge on any atom is 0.343 e. The van der Waals surface area contributed by atoms with Crippen LogP contribution in [0.4, 0.5) is 11.5 Å². The lowest BCUT2D eigenvalue weighted by Crippen LogP contribution is -2.09. The molecule has 0 aliphatic rings. The van der Waals surface area contributed by atoms with Crippen molar-refractivity contribution < 1.29 is 9.53 Å². The number of H-pyrrole nitrogens is 1. The van der Waals surface area contributed by atoms with E-state index in [1.54, 1.807) is 6.20 Å². The van der Waals surface area contributed by atoms with Crippen LogP contribution < -0.4 is 5.32 Å². The van der Waals surface area contributed by atoms with Crippen LogP contribution in [0.5, 0.6) is 0 Å². The molecule has 0 amide bonds. The minimum absolute atomic E-state index is 0.282. The highest BCUT2D eigenvalue weighted by Crippen LogP contribution is 2.24. The molecule has 0 saturated heterocycles. The number of fused-ring (bicyclic) bond motifs is 1. The van der Waals surface area contributed by atoms with Crippen molar-refractivity contribution in [1.29, 1.82) is 0 Å². The summed E-state index contributed by atoms with van der Waals surface area (Å²) in [6, 6.07) is 5.71. The molecule has 3 rings (SSSR count). The first kappa shape index (κ1) is 14.3. The third-order valence-electron chi connectivity index (χ3n) is 3.06. The van der Waals surface area contributed by atoms with Crippen LogP contribution in [-0.4, -0.2) is 39.5 Å². The molecule has 0 fully saturated rings. The molecule has 0 saturated carbocycles. The Bertz CT molecular complexity index is 833. The van der Waals surface area contributed by atoms with Gasteiger partial charge in [-0.05, 0) is 24.5 Å². The Balaban J connectivity index is 2.00. The zero-order chi connectivity index (χ0) is 15.5. The Labute approximate surface area is 130 Å². The van der Waals surface area contributed by atoms with Gasteiger partial charge in [0.25, 0.3) is 0 Å². The summed E-state index contributed by atoms with van der Waals surface area (Å²) in [6.07, 6.45) is 5.07. The summed E-state index contributed by atoms with van der Waals surface area (Å²) in [5, 5.41) is 11.6. The molecule has 7 nitrogen and oxygen atoms in total. The SMILES string of the molecule is COC(=O)c1cnc(SC)nc1Nc1ccc2cn[nH]c2c1. The number of aromatic nitrogens is 4. The Hall–Kier alpha value is -2.61. The lowest BCUT2D eigenvalue weighted by atomic mass is 10.2. The fourth-order valence-electron chi connectivity index (χ4n) is 1.97. The zero-order valence-electron chi connectivity index (χ0n) is 12.0. The number of aromatic amines is 1. The van der Waals surface area contributed by atoms with Crippen LogP contribution in [0, 0.1) is 0 Å². The van der Waals surface area contributed by atoms with Gasteiger partial charge in [-0.1, -0.05) is 11.8 Å². The second-order valence-electron chi connectivity index (χ2n) is 4.41. The quantitative estimate of drug-likeness (QED) is 0.434. The molecule has 2 aromatic heterocycles.